The van der Waals surface area contributed by atoms with E-state index in [0.717, 1.165) is 0 Å². The summed E-state index contributed by atoms with van der Waals surface area (Å²) in [4.78, 5) is 20.4. The summed E-state index contributed by atoms with van der Waals surface area (Å²) in [5.41, 5.74) is 5.11. The minimum atomic E-state index is -0.720. The normalized spacial score (nSPS) is 11.8. The molecule has 0 saturated carbocycles. The predicted molar refractivity (Wildman–Crippen MR) is 34.1 cm³/mol. The van der Waals surface area contributed by atoms with Gasteiger partial charge in [-0.2, -0.15) is 0 Å². The molecule has 3 N–H and O–H groups in total. The largest absolute Gasteiger partial charge is 0.467 e. The first-order valence-electron chi connectivity index (χ1n) is 2.73. The van der Waals surface area contributed by atoms with Crippen LogP contribution < -0.4 is 11.1 Å². The zero-order valence-electron chi connectivity index (χ0n) is 5.66. The van der Waals surface area contributed by atoms with E-state index in [4.69, 9.17) is 5.73 Å². The van der Waals surface area contributed by atoms with Crippen LogP contribution in [0, 0.1) is 0 Å². The molecule has 0 aliphatic heterocycles. The van der Waals surface area contributed by atoms with Crippen molar-refractivity contribution in [2.75, 3.05) is 13.7 Å². The van der Waals surface area contributed by atoms with E-state index in [1.807, 2.05) is 0 Å². The van der Waals surface area contributed by atoms with E-state index >= 15 is 0 Å². The number of hydrogen-bond acceptors (Lipinski definition) is 4. The number of carbonyl (C=O) groups is 2. The zero-order chi connectivity index (χ0) is 7.98. The molecule has 5 heteroatoms. The van der Waals surface area contributed by atoms with Crippen molar-refractivity contribution in [3.63, 3.8) is 0 Å². The molecule has 1 unspecified atom stereocenters. The fourth-order valence-electron chi connectivity index (χ4n) is 0.457. The van der Waals surface area contributed by atoms with Crippen LogP contribution in [0.2, 0.25) is 0 Å². The quantitative estimate of drug-likeness (QED) is 0.363. The van der Waals surface area contributed by atoms with Crippen molar-refractivity contribution in [1.82, 2.24) is 5.32 Å². The molecule has 0 heterocycles. The van der Waals surface area contributed by atoms with Crippen molar-refractivity contribution in [3.05, 3.63) is 0 Å². The zero-order valence-corrected chi connectivity index (χ0v) is 5.66. The Bertz CT molecular complexity index is 126. The van der Waals surface area contributed by atoms with Crippen LogP contribution in [0.3, 0.4) is 0 Å². The first-order chi connectivity index (χ1) is 4.76. The predicted octanol–water partition coefficient (Wildman–Crippen LogP) is -1.77. The topological polar surface area (TPSA) is 81.4 Å². The van der Waals surface area contributed by atoms with Gasteiger partial charge in [0.1, 0.15) is 6.04 Å². The van der Waals surface area contributed by atoms with Crippen molar-refractivity contribution in [3.8, 4) is 0 Å². The molecular formula is C5H10N2O3. The van der Waals surface area contributed by atoms with E-state index in [9.17, 15) is 9.59 Å². The van der Waals surface area contributed by atoms with E-state index in [1.54, 1.807) is 0 Å². The van der Waals surface area contributed by atoms with Crippen LogP contribution in [-0.4, -0.2) is 32.1 Å². The van der Waals surface area contributed by atoms with E-state index in [1.165, 1.54) is 7.11 Å². The summed E-state index contributed by atoms with van der Waals surface area (Å²) in [7, 11) is 1.23. The first kappa shape index (κ1) is 8.90. The standard InChI is InChI=1S/C5H10N2O3/c1-10-5(9)4(2-6)7-3-8/h3-4H,2,6H2,1H3,(H,7,8). The molecule has 0 rings (SSSR count). The van der Waals surface area contributed by atoms with E-state index in [0.29, 0.717) is 6.41 Å². The lowest BCUT2D eigenvalue weighted by molar-refractivity contribution is -0.143. The summed E-state index contributed by atoms with van der Waals surface area (Å²) in [6.45, 7) is 0.0470. The highest BCUT2D eigenvalue weighted by Gasteiger charge is 2.14. The molecule has 1 amide bonds. The molecule has 1 atom stereocenters. The third-order valence-corrected chi connectivity index (χ3v) is 0.991. The Morgan fingerprint density at radius 3 is 2.80 bits per heavy atom. The number of methoxy groups -OCH3 is 1. The highest BCUT2D eigenvalue weighted by atomic mass is 16.5. The van der Waals surface area contributed by atoms with E-state index in [-0.39, 0.29) is 6.54 Å². The molecule has 0 bridgehead atoms. The van der Waals surface area contributed by atoms with Crippen LogP contribution in [-0.2, 0) is 14.3 Å². The van der Waals surface area contributed by atoms with Crippen LogP contribution in [0.5, 0.6) is 0 Å². The molecule has 0 spiro atoms. The van der Waals surface area contributed by atoms with Gasteiger partial charge < -0.3 is 15.8 Å². The number of ether oxygens (including phenoxy) is 1. The average molecular weight is 146 g/mol. The maximum Gasteiger partial charge on any atom is 0.329 e. The van der Waals surface area contributed by atoms with Gasteiger partial charge in [-0.05, 0) is 0 Å². The summed E-state index contributed by atoms with van der Waals surface area (Å²) >= 11 is 0. The number of carbonyl (C=O) groups excluding carboxylic acids is 2. The maximum atomic E-state index is 10.6. The Morgan fingerprint density at radius 2 is 2.50 bits per heavy atom. The number of hydrogen-bond donors (Lipinski definition) is 2. The van der Waals surface area contributed by atoms with Crippen LogP contribution in [0.25, 0.3) is 0 Å². The monoisotopic (exact) mass is 146 g/mol. The van der Waals surface area contributed by atoms with Crippen molar-refractivity contribution in [1.29, 1.82) is 0 Å². The SMILES string of the molecule is COC(=O)C(CN)NC=O. The third kappa shape index (κ3) is 2.45. The minimum absolute atomic E-state index is 0.0470. The molecule has 0 saturated heterocycles. The van der Waals surface area contributed by atoms with Gasteiger partial charge in [0.25, 0.3) is 0 Å². The van der Waals surface area contributed by atoms with Crippen LogP contribution >= 0.6 is 0 Å². The number of nitrogens with two attached hydrogens (primary N) is 1. The van der Waals surface area contributed by atoms with Crippen molar-refractivity contribution >= 4 is 12.4 Å². The van der Waals surface area contributed by atoms with Gasteiger partial charge >= 0.3 is 5.97 Å². The Hall–Kier alpha value is -1.10. The fourth-order valence-corrected chi connectivity index (χ4v) is 0.457. The van der Waals surface area contributed by atoms with Gasteiger partial charge in [0.15, 0.2) is 0 Å². The van der Waals surface area contributed by atoms with Crippen molar-refractivity contribution in [2.45, 2.75) is 6.04 Å². The molecule has 0 aromatic heterocycles. The lowest BCUT2D eigenvalue weighted by Crippen LogP contribution is -2.42. The summed E-state index contributed by atoms with van der Waals surface area (Å²) in [6.07, 6.45) is 0.411. The molecule has 10 heavy (non-hydrogen) atoms. The van der Waals surface area contributed by atoms with Crippen molar-refractivity contribution in [2.24, 2.45) is 5.73 Å². The van der Waals surface area contributed by atoms with E-state index in [2.05, 4.69) is 10.1 Å². The summed E-state index contributed by atoms with van der Waals surface area (Å²) in [5, 5.41) is 2.20. The lowest BCUT2D eigenvalue weighted by atomic mass is 10.3. The Labute approximate surface area is 58.5 Å². The molecule has 0 aromatic carbocycles. The second kappa shape index (κ2) is 4.75. The molecule has 58 valence electrons. The number of nitrogens with one attached hydrogen (secondary N) is 1. The second-order valence-electron chi connectivity index (χ2n) is 1.60. The lowest BCUT2D eigenvalue weighted by Gasteiger charge is -2.09. The summed E-state index contributed by atoms with van der Waals surface area (Å²) in [5.74, 6) is -0.533. The Morgan fingerprint density at radius 1 is 1.90 bits per heavy atom. The third-order valence-electron chi connectivity index (χ3n) is 0.991. The summed E-state index contributed by atoms with van der Waals surface area (Å²) < 4.78 is 4.32. The number of amides is 1. The van der Waals surface area contributed by atoms with Crippen LogP contribution in [0.1, 0.15) is 0 Å². The van der Waals surface area contributed by atoms with Gasteiger partial charge in [-0.15, -0.1) is 0 Å². The highest BCUT2D eigenvalue weighted by molar-refractivity contribution is 5.78. The van der Waals surface area contributed by atoms with Crippen molar-refractivity contribution < 1.29 is 14.3 Å². The van der Waals surface area contributed by atoms with Gasteiger partial charge in [-0.25, -0.2) is 4.79 Å². The van der Waals surface area contributed by atoms with Gasteiger partial charge in [0.05, 0.1) is 7.11 Å². The molecule has 0 aromatic rings. The fraction of sp³-hybridized carbons (Fsp3) is 0.600. The average Bonchev–Trinajstić information content (AvgIpc) is 1.99. The second-order valence-corrected chi connectivity index (χ2v) is 1.60. The number of esters is 1. The minimum Gasteiger partial charge on any atom is -0.467 e. The van der Waals surface area contributed by atoms with Gasteiger partial charge in [-0.3, -0.25) is 4.79 Å². The van der Waals surface area contributed by atoms with Gasteiger partial charge in [0.2, 0.25) is 6.41 Å². The molecule has 5 nitrogen and oxygen atoms in total. The van der Waals surface area contributed by atoms with Gasteiger partial charge in [-0.1, -0.05) is 0 Å². The van der Waals surface area contributed by atoms with Gasteiger partial charge in [0, 0.05) is 6.54 Å². The molecule has 0 fully saturated rings. The Balaban J connectivity index is 3.79. The molecule has 0 aliphatic rings. The first-order valence-corrected chi connectivity index (χ1v) is 2.73. The van der Waals surface area contributed by atoms with Crippen LogP contribution in [0.15, 0.2) is 0 Å². The highest BCUT2D eigenvalue weighted by Crippen LogP contribution is 1.81. The van der Waals surface area contributed by atoms with E-state index < -0.39 is 12.0 Å². The molecule has 0 radical (unpaired) electrons. The number of rotatable bonds is 4. The molecule has 0 aliphatic carbocycles. The summed E-state index contributed by atoms with van der Waals surface area (Å²) in [6, 6.07) is -0.720. The smallest absolute Gasteiger partial charge is 0.329 e. The Kier molecular flexibility index (Phi) is 4.23. The maximum absolute atomic E-state index is 10.6. The van der Waals surface area contributed by atoms with Crippen LogP contribution in [0.4, 0.5) is 0 Å². The molecular weight excluding hydrogens is 136 g/mol.